The quantitative estimate of drug-likeness (QED) is 0.920. The Balaban J connectivity index is 1.94. The van der Waals surface area contributed by atoms with E-state index >= 15 is 0 Å². The zero-order valence-electron chi connectivity index (χ0n) is 11.3. The molecule has 1 unspecified atom stereocenters. The van der Waals surface area contributed by atoms with Crippen molar-refractivity contribution >= 4 is 21.6 Å². The topological polar surface area (TPSA) is 39.1 Å². The third kappa shape index (κ3) is 4.22. The van der Waals surface area contributed by atoms with E-state index in [0.717, 1.165) is 16.7 Å². The van der Waals surface area contributed by atoms with Gasteiger partial charge in [0.2, 0.25) is 0 Å². The number of rotatable bonds is 4. The van der Waals surface area contributed by atoms with E-state index in [1.165, 1.54) is 32.4 Å². The first kappa shape index (κ1) is 14.4. The van der Waals surface area contributed by atoms with Crippen LogP contribution in [0, 0.1) is 11.3 Å². The molecular weight excluding hydrogens is 302 g/mol. The number of likely N-dealkylation sites (tertiary alicyclic amines) is 1. The van der Waals surface area contributed by atoms with Crippen molar-refractivity contribution in [3.05, 3.63) is 28.2 Å². The SMILES string of the molecule is CC(CN1CCCCC1)Nc1ccc(Br)cc1C#N. The molecule has 1 fully saturated rings. The van der Waals surface area contributed by atoms with Gasteiger partial charge in [-0.3, -0.25) is 0 Å². The van der Waals surface area contributed by atoms with Crippen LogP contribution in [0.25, 0.3) is 0 Å². The summed E-state index contributed by atoms with van der Waals surface area (Å²) in [5.74, 6) is 0. The molecule has 0 amide bonds. The first-order valence-corrected chi connectivity index (χ1v) is 7.67. The molecule has 0 saturated carbocycles. The van der Waals surface area contributed by atoms with Gasteiger partial charge < -0.3 is 10.2 Å². The van der Waals surface area contributed by atoms with Crippen LogP contribution in [0.2, 0.25) is 0 Å². The predicted molar refractivity (Wildman–Crippen MR) is 82.2 cm³/mol. The highest BCUT2D eigenvalue weighted by Crippen LogP contribution is 2.21. The number of benzene rings is 1. The van der Waals surface area contributed by atoms with E-state index < -0.39 is 0 Å². The predicted octanol–water partition coefficient (Wildman–Crippen LogP) is 3.61. The normalized spacial score (nSPS) is 17.7. The molecule has 0 spiro atoms. The highest BCUT2D eigenvalue weighted by atomic mass is 79.9. The summed E-state index contributed by atoms with van der Waals surface area (Å²) in [6.45, 7) is 5.63. The lowest BCUT2D eigenvalue weighted by Gasteiger charge is -2.29. The molecule has 4 heteroatoms. The van der Waals surface area contributed by atoms with Gasteiger partial charge in [0.25, 0.3) is 0 Å². The monoisotopic (exact) mass is 321 g/mol. The lowest BCUT2D eigenvalue weighted by atomic mass is 10.1. The highest BCUT2D eigenvalue weighted by molar-refractivity contribution is 9.10. The smallest absolute Gasteiger partial charge is 0.101 e. The zero-order chi connectivity index (χ0) is 13.7. The minimum Gasteiger partial charge on any atom is -0.380 e. The van der Waals surface area contributed by atoms with Crippen molar-refractivity contribution in [3.63, 3.8) is 0 Å². The molecule has 1 aliphatic heterocycles. The number of hydrogen-bond acceptors (Lipinski definition) is 3. The highest BCUT2D eigenvalue weighted by Gasteiger charge is 2.14. The minimum atomic E-state index is 0.353. The van der Waals surface area contributed by atoms with Crippen molar-refractivity contribution in [2.75, 3.05) is 25.0 Å². The Kier molecular flexibility index (Phi) is 5.24. The van der Waals surface area contributed by atoms with E-state index in [4.69, 9.17) is 5.26 Å². The summed E-state index contributed by atoms with van der Waals surface area (Å²) in [5, 5.41) is 12.6. The van der Waals surface area contributed by atoms with Gasteiger partial charge in [-0.05, 0) is 51.1 Å². The molecule has 1 saturated heterocycles. The molecule has 0 radical (unpaired) electrons. The molecule has 19 heavy (non-hydrogen) atoms. The second-order valence-electron chi connectivity index (χ2n) is 5.21. The van der Waals surface area contributed by atoms with Crippen LogP contribution in [0.4, 0.5) is 5.69 Å². The fourth-order valence-electron chi connectivity index (χ4n) is 2.58. The van der Waals surface area contributed by atoms with Crippen molar-refractivity contribution in [2.45, 2.75) is 32.2 Å². The van der Waals surface area contributed by atoms with Crippen LogP contribution in [0.3, 0.4) is 0 Å². The van der Waals surface area contributed by atoms with Crippen LogP contribution < -0.4 is 5.32 Å². The van der Waals surface area contributed by atoms with Crippen molar-refractivity contribution in [1.82, 2.24) is 4.90 Å². The maximum absolute atomic E-state index is 9.16. The summed E-state index contributed by atoms with van der Waals surface area (Å²) in [6.07, 6.45) is 3.99. The first-order valence-electron chi connectivity index (χ1n) is 6.87. The molecule has 1 heterocycles. The second-order valence-corrected chi connectivity index (χ2v) is 6.12. The average Bonchev–Trinajstić information content (AvgIpc) is 2.42. The number of piperidine rings is 1. The largest absolute Gasteiger partial charge is 0.380 e. The molecule has 0 aromatic heterocycles. The molecule has 2 rings (SSSR count). The molecule has 0 aliphatic carbocycles. The van der Waals surface area contributed by atoms with Gasteiger partial charge in [-0.15, -0.1) is 0 Å². The minimum absolute atomic E-state index is 0.353. The summed E-state index contributed by atoms with van der Waals surface area (Å²) >= 11 is 3.40. The molecule has 1 atom stereocenters. The molecule has 0 bridgehead atoms. The van der Waals surface area contributed by atoms with Crippen molar-refractivity contribution in [3.8, 4) is 6.07 Å². The fraction of sp³-hybridized carbons (Fsp3) is 0.533. The Labute approximate surface area is 123 Å². The Hall–Kier alpha value is -1.05. The maximum Gasteiger partial charge on any atom is 0.101 e. The average molecular weight is 322 g/mol. The number of halogens is 1. The summed E-state index contributed by atoms with van der Waals surface area (Å²) in [5.41, 5.74) is 1.62. The maximum atomic E-state index is 9.16. The van der Waals surface area contributed by atoms with Gasteiger partial charge in [-0.2, -0.15) is 5.26 Å². The summed E-state index contributed by atoms with van der Waals surface area (Å²) in [6, 6.07) is 8.39. The number of nitriles is 1. The Morgan fingerprint density at radius 1 is 1.37 bits per heavy atom. The lowest BCUT2D eigenvalue weighted by Crippen LogP contribution is -2.38. The molecule has 3 nitrogen and oxygen atoms in total. The lowest BCUT2D eigenvalue weighted by molar-refractivity contribution is 0.223. The number of hydrogen-bond donors (Lipinski definition) is 1. The molecule has 1 aromatic carbocycles. The summed E-state index contributed by atoms with van der Waals surface area (Å²) < 4.78 is 0.943. The van der Waals surface area contributed by atoms with Gasteiger partial charge in [0.05, 0.1) is 11.3 Å². The van der Waals surface area contributed by atoms with Crippen LogP contribution in [0.1, 0.15) is 31.7 Å². The number of anilines is 1. The van der Waals surface area contributed by atoms with Gasteiger partial charge in [0, 0.05) is 17.1 Å². The van der Waals surface area contributed by atoms with E-state index in [1.54, 1.807) is 0 Å². The van der Waals surface area contributed by atoms with E-state index in [2.05, 4.69) is 39.1 Å². The Morgan fingerprint density at radius 3 is 2.79 bits per heavy atom. The van der Waals surface area contributed by atoms with E-state index in [9.17, 15) is 0 Å². The third-order valence-corrected chi connectivity index (χ3v) is 3.98. The third-order valence-electron chi connectivity index (χ3n) is 3.48. The van der Waals surface area contributed by atoms with Crippen LogP contribution >= 0.6 is 15.9 Å². The van der Waals surface area contributed by atoms with Gasteiger partial charge >= 0.3 is 0 Å². The van der Waals surface area contributed by atoms with Crippen LogP contribution in [0.15, 0.2) is 22.7 Å². The molecule has 1 aromatic rings. The molecular formula is C15H20BrN3. The first-order chi connectivity index (χ1) is 9.19. The second kappa shape index (κ2) is 6.93. The van der Waals surface area contributed by atoms with Gasteiger partial charge in [-0.1, -0.05) is 22.4 Å². The fourth-order valence-corrected chi connectivity index (χ4v) is 2.94. The molecule has 1 aliphatic rings. The van der Waals surface area contributed by atoms with E-state index in [1.807, 2.05) is 18.2 Å². The van der Waals surface area contributed by atoms with Crippen molar-refractivity contribution in [1.29, 1.82) is 5.26 Å². The van der Waals surface area contributed by atoms with Crippen LogP contribution in [-0.2, 0) is 0 Å². The molecule has 1 N–H and O–H groups in total. The van der Waals surface area contributed by atoms with Crippen molar-refractivity contribution < 1.29 is 0 Å². The van der Waals surface area contributed by atoms with Crippen molar-refractivity contribution in [2.24, 2.45) is 0 Å². The Morgan fingerprint density at radius 2 is 2.11 bits per heavy atom. The standard InChI is InChI=1S/C15H20BrN3/c1-12(11-19-7-3-2-4-8-19)18-15-6-5-14(16)9-13(15)10-17/h5-6,9,12,18H,2-4,7-8,11H2,1H3. The zero-order valence-corrected chi connectivity index (χ0v) is 12.9. The molecule has 102 valence electrons. The van der Waals surface area contributed by atoms with Crippen LogP contribution in [-0.4, -0.2) is 30.6 Å². The van der Waals surface area contributed by atoms with Gasteiger partial charge in [-0.25, -0.2) is 0 Å². The number of nitrogens with zero attached hydrogens (tertiary/aromatic N) is 2. The van der Waals surface area contributed by atoms with E-state index in [0.29, 0.717) is 11.6 Å². The summed E-state index contributed by atoms with van der Waals surface area (Å²) in [7, 11) is 0. The Bertz CT molecular complexity index is 461. The van der Waals surface area contributed by atoms with Crippen LogP contribution in [0.5, 0.6) is 0 Å². The summed E-state index contributed by atoms with van der Waals surface area (Å²) in [4.78, 5) is 2.51. The van der Waals surface area contributed by atoms with Gasteiger partial charge in [0.1, 0.15) is 6.07 Å². The van der Waals surface area contributed by atoms with Gasteiger partial charge in [0.15, 0.2) is 0 Å². The van der Waals surface area contributed by atoms with E-state index in [-0.39, 0.29) is 0 Å². The number of nitrogens with one attached hydrogen (secondary N) is 1.